The molecule has 1 heterocycles. The molecule has 2 aliphatic rings. The summed E-state index contributed by atoms with van der Waals surface area (Å²) in [6.07, 6.45) is 3.30. The van der Waals surface area contributed by atoms with Crippen LogP contribution in [0, 0.1) is 5.92 Å². The summed E-state index contributed by atoms with van der Waals surface area (Å²) < 4.78 is 0. The van der Waals surface area contributed by atoms with Crippen LogP contribution in [0.4, 0.5) is 0 Å². The molecule has 0 aromatic heterocycles. The van der Waals surface area contributed by atoms with Gasteiger partial charge in [0.1, 0.15) is 5.78 Å². The second kappa shape index (κ2) is 3.15. The Hall–Kier alpha value is -0.410. The highest BCUT2D eigenvalue weighted by atomic mass is 16.1. The van der Waals surface area contributed by atoms with Crippen molar-refractivity contribution in [1.29, 1.82) is 0 Å². The molecule has 3 heteroatoms. The molecule has 1 saturated carbocycles. The maximum Gasteiger partial charge on any atom is 0.149 e. The van der Waals surface area contributed by atoms with E-state index in [0.717, 1.165) is 32.4 Å². The molecule has 0 aromatic carbocycles. The molecule has 12 heavy (non-hydrogen) atoms. The Morgan fingerprint density at radius 3 is 2.67 bits per heavy atom. The van der Waals surface area contributed by atoms with Gasteiger partial charge in [0.05, 0.1) is 6.54 Å². The molecule has 1 saturated heterocycles. The molecule has 0 amide bonds. The quantitative estimate of drug-likeness (QED) is 0.645. The second-order valence-electron chi connectivity index (χ2n) is 4.02. The van der Waals surface area contributed by atoms with Gasteiger partial charge in [-0.15, -0.1) is 0 Å². The van der Waals surface area contributed by atoms with Gasteiger partial charge in [-0.3, -0.25) is 9.69 Å². The Balaban J connectivity index is 1.75. The molecule has 0 aromatic rings. The first-order valence-corrected chi connectivity index (χ1v) is 4.76. The summed E-state index contributed by atoms with van der Waals surface area (Å²) in [5.41, 5.74) is 5.74. The number of nitrogens with two attached hydrogens (primary N) is 1. The highest BCUT2D eigenvalue weighted by molar-refractivity contribution is 5.85. The Bertz CT molecular complexity index is 189. The van der Waals surface area contributed by atoms with E-state index in [0.29, 0.717) is 24.3 Å². The highest BCUT2D eigenvalue weighted by Crippen LogP contribution is 2.30. The van der Waals surface area contributed by atoms with Crippen molar-refractivity contribution in [3.8, 4) is 0 Å². The Morgan fingerprint density at radius 1 is 1.42 bits per heavy atom. The molecule has 2 rings (SSSR count). The first-order chi connectivity index (χ1) is 5.75. The van der Waals surface area contributed by atoms with Crippen molar-refractivity contribution in [3.63, 3.8) is 0 Å². The molecule has 1 unspecified atom stereocenters. The number of carbonyl (C=O) groups is 1. The standard InChI is InChI=1S/C9H16N2O/c10-8-3-4-11(5-8)6-9(12)7-1-2-7/h7-8H,1-6,10H2. The molecule has 0 bridgehead atoms. The van der Waals surface area contributed by atoms with Gasteiger partial charge in [0.2, 0.25) is 0 Å². The lowest BCUT2D eigenvalue weighted by Crippen LogP contribution is -2.31. The van der Waals surface area contributed by atoms with Crippen LogP contribution in [0.25, 0.3) is 0 Å². The molecule has 2 N–H and O–H groups in total. The van der Waals surface area contributed by atoms with Crippen molar-refractivity contribution >= 4 is 5.78 Å². The molecule has 1 atom stereocenters. The maximum absolute atomic E-state index is 11.4. The maximum atomic E-state index is 11.4. The van der Waals surface area contributed by atoms with Crippen LogP contribution in [0.15, 0.2) is 0 Å². The number of carbonyl (C=O) groups excluding carboxylic acids is 1. The number of Topliss-reactive ketones (excluding diaryl/α,β-unsaturated/α-hetero) is 1. The zero-order chi connectivity index (χ0) is 8.55. The van der Waals surface area contributed by atoms with Crippen molar-refractivity contribution in [3.05, 3.63) is 0 Å². The molecule has 1 aliphatic heterocycles. The van der Waals surface area contributed by atoms with Gasteiger partial charge in [0, 0.05) is 25.0 Å². The smallest absolute Gasteiger partial charge is 0.149 e. The van der Waals surface area contributed by atoms with Crippen molar-refractivity contribution in [2.45, 2.75) is 25.3 Å². The molecular formula is C9H16N2O. The van der Waals surface area contributed by atoms with Crippen LogP contribution in [0.5, 0.6) is 0 Å². The fourth-order valence-electron chi connectivity index (χ4n) is 1.76. The molecule has 0 radical (unpaired) electrons. The van der Waals surface area contributed by atoms with Gasteiger partial charge in [0.25, 0.3) is 0 Å². The summed E-state index contributed by atoms with van der Waals surface area (Å²) >= 11 is 0. The average molecular weight is 168 g/mol. The van der Waals surface area contributed by atoms with Crippen molar-refractivity contribution in [2.24, 2.45) is 11.7 Å². The van der Waals surface area contributed by atoms with Crippen molar-refractivity contribution in [2.75, 3.05) is 19.6 Å². The van der Waals surface area contributed by atoms with E-state index in [2.05, 4.69) is 4.90 Å². The van der Waals surface area contributed by atoms with Gasteiger partial charge in [-0.2, -0.15) is 0 Å². The van der Waals surface area contributed by atoms with Crippen molar-refractivity contribution in [1.82, 2.24) is 4.90 Å². The summed E-state index contributed by atoms with van der Waals surface area (Å²) in [5, 5.41) is 0. The highest BCUT2D eigenvalue weighted by Gasteiger charge is 2.31. The van der Waals surface area contributed by atoms with Crippen LogP contribution in [-0.4, -0.2) is 36.4 Å². The normalized spacial score (nSPS) is 30.9. The average Bonchev–Trinajstić information content (AvgIpc) is 2.78. The van der Waals surface area contributed by atoms with Gasteiger partial charge >= 0.3 is 0 Å². The van der Waals surface area contributed by atoms with Gasteiger partial charge in [0.15, 0.2) is 0 Å². The van der Waals surface area contributed by atoms with Gasteiger partial charge in [-0.1, -0.05) is 0 Å². The van der Waals surface area contributed by atoms with E-state index < -0.39 is 0 Å². The zero-order valence-electron chi connectivity index (χ0n) is 7.33. The Morgan fingerprint density at radius 2 is 2.17 bits per heavy atom. The number of hydrogen-bond acceptors (Lipinski definition) is 3. The van der Waals surface area contributed by atoms with Crippen LogP contribution in [0.2, 0.25) is 0 Å². The summed E-state index contributed by atoms with van der Waals surface area (Å²) in [7, 11) is 0. The molecule has 3 nitrogen and oxygen atoms in total. The van der Waals surface area contributed by atoms with Crippen LogP contribution < -0.4 is 5.73 Å². The minimum absolute atomic E-state index is 0.303. The largest absolute Gasteiger partial charge is 0.326 e. The second-order valence-corrected chi connectivity index (χ2v) is 4.02. The van der Waals surface area contributed by atoms with Crippen molar-refractivity contribution < 1.29 is 4.79 Å². The van der Waals surface area contributed by atoms with E-state index in [-0.39, 0.29) is 0 Å². The molecule has 68 valence electrons. The van der Waals surface area contributed by atoms with E-state index in [9.17, 15) is 4.79 Å². The molecule has 2 fully saturated rings. The van der Waals surface area contributed by atoms with Crippen LogP contribution in [-0.2, 0) is 4.79 Å². The number of nitrogens with zero attached hydrogens (tertiary/aromatic N) is 1. The van der Waals surface area contributed by atoms with E-state index in [1.807, 2.05) is 0 Å². The third-order valence-corrected chi connectivity index (χ3v) is 2.72. The van der Waals surface area contributed by atoms with E-state index in [1.54, 1.807) is 0 Å². The summed E-state index contributed by atoms with van der Waals surface area (Å²) in [5.74, 6) is 0.839. The predicted octanol–water partition coefficient (Wildman–Crippen LogP) is -0.00150. The van der Waals surface area contributed by atoms with E-state index in [4.69, 9.17) is 5.73 Å². The van der Waals surface area contributed by atoms with Crippen LogP contribution >= 0.6 is 0 Å². The minimum Gasteiger partial charge on any atom is -0.326 e. The zero-order valence-corrected chi connectivity index (χ0v) is 7.33. The number of likely N-dealkylation sites (tertiary alicyclic amines) is 1. The number of ketones is 1. The lowest BCUT2D eigenvalue weighted by molar-refractivity contribution is -0.121. The molecular weight excluding hydrogens is 152 g/mol. The van der Waals surface area contributed by atoms with E-state index in [1.165, 1.54) is 0 Å². The van der Waals surface area contributed by atoms with Crippen LogP contribution in [0.3, 0.4) is 0 Å². The minimum atomic E-state index is 0.303. The number of rotatable bonds is 3. The number of hydrogen-bond donors (Lipinski definition) is 1. The first-order valence-electron chi connectivity index (χ1n) is 4.76. The summed E-state index contributed by atoms with van der Waals surface area (Å²) in [6, 6.07) is 0.303. The summed E-state index contributed by atoms with van der Waals surface area (Å²) in [6.45, 7) is 2.58. The topological polar surface area (TPSA) is 46.3 Å². The van der Waals surface area contributed by atoms with E-state index >= 15 is 0 Å². The van der Waals surface area contributed by atoms with Gasteiger partial charge < -0.3 is 5.73 Å². The summed E-state index contributed by atoms with van der Waals surface area (Å²) in [4.78, 5) is 13.6. The Kier molecular flexibility index (Phi) is 2.15. The fourth-order valence-corrected chi connectivity index (χ4v) is 1.76. The molecule has 1 aliphatic carbocycles. The lowest BCUT2D eigenvalue weighted by Gasteiger charge is -2.13. The first kappa shape index (κ1) is 8.20. The van der Waals surface area contributed by atoms with Gasteiger partial charge in [-0.25, -0.2) is 0 Å². The monoisotopic (exact) mass is 168 g/mol. The SMILES string of the molecule is NC1CCN(CC(=O)C2CC2)C1. The molecule has 0 spiro atoms. The van der Waals surface area contributed by atoms with Crippen LogP contribution in [0.1, 0.15) is 19.3 Å². The Labute approximate surface area is 72.9 Å². The third kappa shape index (κ3) is 1.84. The predicted molar refractivity (Wildman–Crippen MR) is 46.8 cm³/mol. The third-order valence-electron chi connectivity index (χ3n) is 2.72. The van der Waals surface area contributed by atoms with Gasteiger partial charge in [-0.05, 0) is 19.3 Å². The lowest BCUT2D eigenvalue weighted by atomic mass is 10.2. The fraction of sp³-hybridized carbons (Fsp3) is 0.889.